The lowest BCUT2D eigenvalue weighted by Gasteiger charge is -2.26. The second kappa shape index (κ2) is 6.91. The highest BCUT2D eigenvalue weighted by atomic mass is 79.9. The molecule has 3 rings (SSSR count). The molecule has 1 aromatic carbocycles. The molecule has 2 aliphatic rings. The van der Waals surface area contributed by atoms with Crippen molar-refractivity contribution in [3.8, 4) is 0 Å². The van der Waals surface area contributed by atoms with Gasteiger partial charge in [-0.15, -0.1) is 0 Å². The van der Waals surface area contributed by atoms with E-state index in [4.69, 9.17) is 0 Å². The van der Waals surface area contributed by atoms with Gasteiger partial charge in [0.1, 0.15) is 0 Å². The summed E-state index contributed by atoms with van der Waals surface area (Å²) in [6.07, 6.45) is 12.9. The van der Waals surface area contributed by atoms with Gasteiger partial charge in [0.25, 0.3) is 0 Å². The molecule has 0 fully saturated rings. The molecule has 1 atom stereocenters. The van der Waals surface area contributed by atoms with Crippen LogP contribution in [0.3, 0.4) is 0 Å². The predicted molar refractivity (Wildman–Crippen MR) is 89.1 cm³/mol. The van der Waals surface area contributed by atoms with Gasteiger partial charge >= 0.3 is 0 Å². The predicted octanol–water partition coefficient (Wildman–Crippen LogP) is 4.79. The molecule has 0 spiro atoms. The molecule has 1 N–H and O–H groups in total. The highest BCUT2D eigenvalue weighted by Gasteiger charge is 2.18. The second-order valence-electron chi connectivity index (χ2n) is 6.17. The van der Waals surface area contributed by atoms with E-state index in [0.29, 0.717) is 6.04 Å². The Morgan fingerprint density at radius 3 is 2.95 bits per heavy atom. The van der Waals surface area contributed by atoms with Crippen LogP contribution in [0.2, 0.25) is 0 Å². The minimum Gasteiger partial charge on any atom is -0.313 e. The average Bonchev–Trinajstić information content (AvgIpc) is 2.48. The lowest BCUT2D eigenvalue weighted by atomic mass is 9.88. The van der Waals surface area contributed by atoms with Gasteiger partial charge in [-0.05, 0) is 81.2 Å². The Balaban J connectivity index is 1.48. The van der Waals surface area contributed by atoms with Crippen molar-refractivity contribution < 1.29 is 0 Å². The zero-order valence-corrected chi connectivity index (χ0v) is 13.7. The summed E-state index contributed by atoms with van der Waals surface area (Å²) < 4.78 is 1.21. The first-order valence-corrected chi connectivity index (χ1v) is 8.79. The number of aryl methyl sites for hydroxylation is 1. The summed E-state index contributed by atoms with van der Waals surface area (Å²) in [7, 11) is 0. The van der Waals surface area contributed by atoms with Crippen LogP contribution in [0.25, 0.3) is 0 Å². The minimum atomic E-state index is 0.674. The minimum absolute atomic E-state index is 0.674. The van der Waals surface area contributed by atoms with Crippen molar-refractivity contribution in [2.75, 3.05) is 6.54 Å². The van der Waals surface area contributed by atoms with Crippen molar-refractivity contribution in [3.05, 3.63) is 45.4 Å². The number of nitrogens with one attached hydrogen (secondary N) is 1. The molecule has 1 unspecified atom stereocenters. The largest absolute Gasteiger partial charge is 0.313 e. The summed E-state index contributed by atoms with van der Waals surface area (Å²) in [5.41, 5.74) is 4.75. The van der Waals surface area contributed by atoms with Crippen LogP contribution in [-0.4, -0.2) is 12.6 Å². The zero-order chi connectivity index (χ0) is 13.8. The number of halogens is 1. The summed E-state index contributed by atoms with van der Waals surface area (Å²) in [4.78, 5) is 0. The first-order chi connectivity index (χ1) is 9.81. The Morgan fingerprint density at radius 1 is 1.15 bits per heavy atom. The molecule has 2 heteroatoms. The van der Waals surface area contributed by atoms with Crippen LogP contribution in [0, 0.1) is 0 Å². The molecular weight excluding hydrogens is 310 g/mol. The van der Waals surface area contributed by atoms with E-state index in [0.717, 1.165) is 6.54 Å². The first-order valence-electron chi connectivity index (χ1n) is 8.00. The molecule has 0 aliphatic heterocycles. The third-order valence-corrected chi connectivity index (χ3v) is 5.15. The fraction of sp³-hybridized carbons (Fsp3) is 0.556. The molecule has 2 aliphatic carbocycles. The summed E-state index contributed by atoms with van der Waals surface area (Å²) in [6.45, 7) is 1.16. The molecule has 1 aromatic rings. The Kier molecular flexibility index (Phi) is 4.95. The summed E-state index contributed by atoms with van der Waals surface area (Å²) in [5, 5.41) is 3.77. The molecule has 0 saturated heterocycles. The smallest absolute Gasteiger partial charge is 0.0178 e. The van der Waals surface area contributed by atoms with Crippen molar-refractivity contribution in [3.63, 3.8) is 0 Å². The van der Waals surface area contributed by atoms with Crippen molar-refractivity contribution in [2.24, 2.45) is 0 Å². The number of fused-ring (bicyclic) bond motifs is 1. The van der Waals surface area contributed by atoms with E-state index >= 15 is 0 Å². The third kappa shape index (κ3) is 3.73. The quantitative estimate of drug-likeness (QED) is 0.781. The summed E-state index contributed by atoms with van der Waals surface area (Å²) in [6, 6.07) is 7.43. The summed E-state index contributed by atoms with van der Waals surface area (Å²) >= 11 is 3.57. The van der Waals surface area contributed by atoms with Gasteiger partial charge < -0.3 is 5.32 Å². The molecule has 0 heterocycles. The van der Waals surface area contributed by atoms with E-state index in [-0.39, 0.29) is 0 Å². The van der Waals surface area contributed by atoms with Crippen LogP contribution >= 0.6 is 15.9 Å². The normalized spacial score (nSPS) is 22.2. The Morgan fingerprint density at radius 2 is 2.10 bits per heavy atom. The molecule has 0 bridgehead atoms. The molecule has 0 saturated carbocycles. The Hall–Kier alpha value is -0.600. The van der Waals surface area contributed by atoms with Crippen LogP contribution in [0.15, 0.2) is 34.3 Å². The summed E-state index contributed by atoms with van der Waals surface area (Å²) in [5.74, 6) is 0. The van der Waals surface area contributed by atoms with Crippen molar-refractivity contribution in [1.29, 1.82) is 0 Å². The number of hydrogen-bond acceptors (Lipinski definition) is 1. The number of rotatable bonds is 4. The standard InChI is InChI=1S/C18H24BrN/c19-17-8-6-16-13-18(9-7-15(16)12-17)20-11-10-14-4-2-1-3-5-14/h4,6,8,12,18,20H,1-3,5,7,9-11,13H2. The van der Waals surface area contributed by atoms with Gasteiger partial charge in [-0.25, -0.2) is 0 Å². The third-order valence-electron chi connectivity index (χ3n) is 4.66. The van der Waals surface area contributed by atoms with Gasteiger partial charge in [0, 0.05) is 10.5 Å². The molecule has 0 radical (unpaired) electrons. The van der Waals surface area contributed by atoms with Gasteiger partial charge in [-0.2, -0.15) is 0 Å². The van der Waals surface area contributed by atoms with Crippen LogP contribution in [0.1, 0.15) is 49.7 Å². The Labute approximate surface area is 131 Å². The number of allylic oxidation sites excluding steroid dienone is 1. The van der Waals surface area contributed by atoms with E-state index in [1.165, 1.54) is 67.0 Å². The van der Waals surface area contributed by atoms with Crippen molar-refractivity contribution in [1.82, 2.24) is 5.32 Å². The van der Waals surface area contributed by atoms with Crippen LogP contribution < -0.4 is 5.32 Å². The molecule has 0 aromatic heterocycles. The second-order valence-corrected chi connectivity index (χ2v) is 7.08. The highest BCUT2D eigenvalue weighted by Crippen LogP contribution is 2.25. The fourth-order valence-electron chi connectivity index (χ4n) is 3.47. The van der Waals surface area contributed by atoms with E-state index in [2.05, 4.69) is 45.5 Å². The van der Waals surface area contributed by atoms with Gasteiger partial charge in [-0.3, -0.25) is 0 Å². The van der Waals surface area contributed by atoms with Gasteiger partial charge in [0.2, 0.25) is 0 Å². The zero-order valence-electron chi connectivity index (χ0n) is 12.1. The van der Waals surface area contributed by atoms with Crippen LogP contribution in [-0.2, 0) is 12.8 Å². The topological polar surface area (TPSA) is 12.0 Å². The Bertz CT molecular complexity index is 492. The van der Waals surface area contributed by atoms with E-state index in [1.54, 1.807) is 5.57 Å². The van der Waals surface area contributed by atoms with E-state index in [1.807, 2.05) is 0 Å². The van der Waals surface area contributed by atoms with Crippen molar-refractivity contribution in [2.45, 2.75) is 57.4 Å². The maximum Gasteiger partial charge on any atom is 0.0178 e. The highest BCUT2D eigenvalue weighted by molar-refractivity contribution is 9.10. The number of hydrogen-bond donors (Lipinski definition) is 1. The number of benzene rings is 1. The van der Waals surface area contributed by atoms with Gasteiger partial charge in [0.05, 0.1) is 0 Å². The molecular formula is C18H24BrN. The van der Waals surface area contributed by atoms with Crippen LogP contribution in [0.4, 0.5) is 0 Å². The van der Waals surface area contributed by atoms with E-state index in [9.17, 15) is 0 Å². The first kappa shape index (κ1) is 14.3. The maximum atomic E-state index is 3.77. The van der Waals surface area contributed by atoms with Crippen molar-refractivity contribution >= 4 is 15.9 Å². The van der Waals surface area contributed by atoms with E-state index < -0.39 is 0 Å². The average molecular weight is 334 g/mol. The SMILES string of the molecule is Brc1ccc2c(c1)CCC(NCCC1=CCCCC1)C2. The van der Waals surface area contributed by atoms with Gasteiger partial charge in [-0.1, -0.05) is 33.6 Å². The van der Waals surface area contributed by atoms with Gasteiger partial charge in [0.15, 0.2) is 0 Å². The lowest BCUT2D eigenvalue weighted by Crippen LogP contribution is -2.35. The van der Waals surface area contributed by atoms with Crippen LogP contribution in [0.5, 0.6) is 0 Å². The molecule has 20 heavy (non-hydrogen) atoms. The molecule has 0 amide bonds. The fourth-order valence-corrected chi connectivity index (χ4v) is 3.87. The molecule has 1 nitrogen and oxygen atoms in total. The maximum absolute atomic E-state index is 3.77. The molecule has 108 valence electrons. The lowest BCUT2D eigenvalue weighted by molar-refractivity contribution is 0.458. The monoisotopic (exact) mass is 333 g/mol.